The molecule has 0 unspecified atom stereocenters. The zero-order valence-electron chi connectivity index (χ0n) is 11.5. The van der Waals surface area contributed by atoms with Crippen molar-refractivity contribution >= 4 is 5.95 Å². The Balaban J connectivity index is 2.23. The van der Waals surface area contributed by atoms with E-state index in [4.69, 9.17) is 4.74 Å². The summed E-state index contributed by atoms with van der Waals surface area (Å²) in [4.78, 5) is 12.9. The van der Waals surface area contributed by atoms with Gasteiger partial charge in [-0.25, -0.2) is 4.98 Å². The van der Waals surface area contributed by atoms with Crippen molar-refractivity contribution in [3.05, 3.63) is 35.8 Å². The molecule has 0 aliphatic heterocycles. The molecule has 2 rings (SSSR count). The molecule has 0 atom stereocenters. The lowest BCUT2D eigenvalue weighted by atomic mass is 10.2. The van der Waals surface area contributed by atoms with Crippen LogP contribution in [0.15, 0.2) is 24.4 Å². The van der Waals surface area contributed by atoms with Crippen molar-refractivity contribution in [1.82, 2.24) is 15.0 Å². The van der Waals surface area contributed by atoms with Crippen molar-refractivity contribution in [1.29, 1.82) is 0 Å². The molecule has 2 heterocycles. The Kier molecular flexibility index (Phi) is 4.28. The zero-order chi connectivity index (χ0) is 13.7. The summed E-state index contributed by atoms with van der Waals surface area (Å²) in [5, 5.41) is 3.05. The van der Waals surface area contributed by atoms with Gasteiger partial charge >= 0.3 is 0 Å². The van der Waals surface area contributed by atoms with Crippen LogP contribution in [-0.2, 0) is 6.42 Å². The van der Waals surface area contributed by atoms with Crippen LogP contribution in [0.25, 0.3) is 0 Å². The Morgan fingerprint density at radius 2 is 2.00 bits per heavy atom. The van der Waals surface area contributed by atoms with Crippen molar-refractivity contribution in [2.24, 2.45) is 0 Å². The summed E-state index contributed by atoms with van der Waals surface area (Å²) in [6.45, 7) is 6.79. The molecular formula is C14H18N4O. The molecule has 100 valence electrons. The van der Waals surface area contributed by atoms with E-state index in [0.717, 1.165) is 30.1 Å². The molecule has 0 aromatic carbocycles. The van der Waals surface area contributed by atoms with E-state index in [1.165, 1.54) is 0 Å². The van der Waals surface area contributed by atoms with Gasteiger partial charge in [-0.15, -0.1) is 0 Å². The predicted molar refractivity (Wildman–Crippen MR) is 74.6 cm³/mol. The van der Waals surface area contributed by atoms with E-state index < -0.39 is 0 Å². The largest absolute Gasteiger partial charge is 0.437 e. The normalized spacial score (nSPS) is 10.3. The molecule has 19 heavy (non-hydrogen) atoms. The third-order valence-electron chi connectivity index (χ3n) is 2.59. The zero-order valence-corrected chi connectivity index (χ0v) is 11.5. The topological polar surface area (TPSA) is 59.9 Å². The first-order valence-corrected chi connectivity index (χ1v) is 6.44. The highest BCUT2D eigenvalue weighted by atomic mass is 16.5. The number of ether oxygens (including phenoxy) is 1. The molecule has 0 saturated heterocycles. The van der Waals surface area contributed by atoms with Crippen LogP contribution in [0.2, 0.25) is 0 Å². The Hall–Kier alpha value is -2.17. The lowest BCUT2D eigenvalue weighted by molar-refractivity contribution is 0.453. The minimum absolute atomic E-state index is 0.520. The summed E-state index contributed by atoms with van der Waals surface area (Å²) in [5.74, 6) is 1.83. The maximum atomic E-state index is 5.79. The van der Waals surface area contributed by atoms with E-state index in [-0.39, 0.29) is 0 Å². The number of anilines is 1. The average Bonchev–Trinajstić information content (AvgIpc) is 2.41. The second-order valence-corrected chi connectivity index (χ2v) is 4.10. The van der Waals surface area contributed by atoms with Gasteiger partial charge in [0.25, 0.3) is 0 Å². The summed E-state index contributed by atoms with van der Waals surface area (Å²) >= 11 is 0. The van der Waals surface area contributed by atoms with Crippen LogP contribution in [-0.4, -0.2) is 21.5 Å². The monoisotopic (exact) mass is 258 g/mol. The van der Waals surface area contributed by atoms with Crippen molar-refractivity contribution in [3.8, 4) is 11.6 Å². The average molecular weight is 258 g/mol. The molecule has 0 aliphatic carbocycles. The first-order chi connectivity index (χ1) is 9.22. The molecular weight excluding hydrogens is 240 g/mol. The molecule has 0 bridgehead atoms. The number of hydrogen-bond acceptors (Lipinski definition) is 5. The highest BCUT2D eigenvalue weighted by Gasteiger charge is 2.07. The van der Waals surface area contributed by atoms with E-state index in [2.05, 4.69) is 27.2 Å². The molecule has 0 fully saturated rings. The quantitative estimate of drug-likeness (QED) is 0.893. The van der Waals surface area contributed by atoms with Crippen molar-refractivity contribution in [2.45, 2.75) is 27.2 Å². The van der Waals surface area contributed by atoms with Crippen LogP contribution in [0.3, 0.4) is 0 Å². The Labute approximate surface area is 113 Å². The Bertz CT molecular complexity index is 557. The maximum Gasteiger partial charge on any atom is 0.225 e. The van der Waals surface area contributed by atoms with Crippen LogP contribution in [0.4, 0.5) is 5.95 Å². The lowest BCUT2D eigenvalue weighted by Crippen LogP contribution is -2.03. The Morgan fingerprint density at radius 3 is 2.74 bits per heavy atom. The van der Waals surface area contributed by atoms with Gasteiger partial charge in [0.05, 0.1) is 5.69 Å². The number of aryl methyl sites for hydroxylation is 2. The molecule has 0 saturated carbocycles. The van der Waals surface area contributed by atoms with Crippen molar-refractivity contribution in [3.63, 3.8) is 0 Å². The maximum absolute atomic E-state index is 5.79. The minimum Gasteiger partial charge on any atom is -0.437 e. The van der Waals surface area contributed by atoms with Gasteiger partial charge in [-0.3, -0.25) is 4.98 Å². The number of nitrogens with one attached hydrogen (secondary N) is 1. The molecule has 0 aliphatic rings. The second kappa shape index (κ2) is 6.13. The van der Waals surface area contributed by atoms with Gasteiger partial charge in [0.15, 0.2) is 5.75 Å². The summed E-state index contributed by atoms with van der Waals surface area (Å²) in [6, 6.07) is 5.59. The minimum atomic E-state index is 0.520. The number of rotatable bonds is 5. The van der Waals surface area contributed by atoms with Gasteiger partial charge < -0.3 is 10.1 Å². The fourth-order valence-corrected chi connectivity index (χ4v) is 1.70. The van der Waals surface area contributed by atoms with Crippen LogP contribution < -0.4 is 10.1 Å². The van der Waals surface area contributed by atoms with E-state index in [0.29, 0.717) is 11.8 Å². The molecule has 0 radical (unpaired) electrons. The summed E-state index contributed by atoms with van der Waals surface area (Å²) in [7, 11) is 0. The SMILES string of the molecule is CCNc1nccc(Oc2ccc(C)nc2CC)n1. The van der Waals surface area contributed by atoms with E-state index >= 15 is 0 Å². The smallest absolute Gasteiger partial charge is 0.225 e. The summed E-state index contributed by atoms with van der Waals surface area (Å²) in [6.07, 6.45) is 2.50. The molecule has 2 aromatic heterocycles. The standard InChI is InChI=1S/C14H18N4O/c1-4-11-12(7-6-10(3)17-11)19-13-8-9-16-14(18-13)15-5-2/h6-9H,4-5H2,1-3H3,(H,15,16,18). The molecule has 5 heteroatoms. The second-order valence-electron chi connectivity index (χ2n) is 4.10. The highest BCUT2D eigenvalue weighted by Crippen LogP contribution is 2.23. The highest BCUT2D eigenvalue weighted by molar-refractivity contribution is 5.34. The van der Waals surface area contributed by atoms with Crippen LogP contribution in [0, 0.1) is 6.92 Å². The van der Waals surface area contributed by atoms with Crippen LogP contribution in [0.5, 0.6) is 11.6 Å². The van der Waals surface area contributed by atoms with Crippen molar-refractivity contribution < 1.29 is 4.74 Å². The predicted octanol–water partition coefficient (Wildman–Crippen LogP) is 2.97. The van der Waals surface area contributed by atoms with Gasteiger partial charge in [-0.1, -0.05) is 6.92 Å². The first kappa shape index (κ1) is 13.3. The van der Waals surface area contributed by atoms with Gasteiger partial charge in [0.1, 0.15) is 0 Å². The molecule has 1 N–H and O–H groups in total. The summed E-state index contributed by atoms with van der Waals surface area (Å²) < 4.78 is 5.79. The van der Waals surface area contributed by atoms with E-state index in [1.54, 1.807) is 12.3 Å². The van der Waals surface area contributed by atoms with Crippen LogP contribution >= 0.6 is 0 Å². The fraction of sp³-hybridized carbons (Fsp3) is 0.357. The first-order valence-electron chi connectivity index (χ1n) is 6.44. The van der Waals surface area contributed by atoms with E-state index in [9.17, 15) is 0 Å². The van der Waals surface area contributed by atoms with Gasteiger partial charge in [-0.2, -0.15) is 4.98 Å². The molecule has 5 nitrogen and oxygen atoms in total. The number of aromatic nitrogens is 3. The molecule has 0 spiro atoms. The molecule has 0 amide bonds. The van der Waals surface area contributed by atoms with Gasteiger partial charge in [0, 0.05) is 24.5 Å². The van der Waals surface area contributed by atoms with Gasteiger partial charge in [0.2, 0.25) is 11.8 Å². The van der Waals surface area contributed by atoms with Gasteiger partial charge in [-0.05, 0) is 32.4 Å². The van der Waals surface area contributed by atoms with Crippen LogP contribution in [0.1, 0.15) is 25.2 Å². The third kappa shape index (κ3) is 3.40. The molecule has 2 aromatic rings. The lowest BCUT2D eigenvalue weighted by Gasteiger charge is -2.10. The number of nitrogens with zero attached hydrogens (tertiary/aromatic N) is 3. The van der Waals surface area contributed by atoms with Crippen molar-refractivity contribution in [2.75, 3.05) is 11.9 Å². The number of hydrogen-bond donors (Lipinski definition) is 1. The number of pyridine rings is 1. The van der Waals surface area contributed by atoms with E-state index in [1.807, 2.05) is 26.0 Å². The Morgan fingerprint density at radius 1 is 1.16 bits per heavy atom. The third-order valence-corrected chi connectivity index (χ3v) is 2.59. The summed E-state index contributed by atoms with van der Waals surface area (Å²) in [5.41, 5.74) is 1.92. The fourth-order valence-electron chi connectivity index (χ4n) is 1.70.